The van der Waals surface area contributed by atoms with Crippen LogP contribution < -0.4 is 10.2 Å². The average Bonchev–Trinajstić information content (AvgIpc) is 3.22. The number of carbonyl (C=O) groups excluding carboxylic acids is 3. The minimum Gasteiger partial charge on any atom is -0.461 e. The van der Waals surface area contributed by atoms with Gasteiger partial charge in [0.05, 0.1) is 17.2 Å². The van der Waals surface area contributed by atoms with Crippen LogP contribution in [0.4, 0.5) is 21.9 Å². The van der Waals surface area contributed by atoms with Crippen molar-refractivity contribution in [1.82, 2.24) is 10.3 Å². The van der Waals surface area contributed by atoms with Gasteiger partial charge in [0, 0.05) is 28.7 Å². The second kappa shape index (κ2) is 10.5. The molecule has 0 aliphatic carbocycles. The van der Waals surface area contributed by atoms with Crippen LogP contribution in [0, 0.1) is 10.1 Å². The highest BCUT2D eigenvalue weighted by atomic mass is 16.6. The molecule has 0 radical (unpaired) electrons. The van der Waals surface area contributed by atoms with Gasteiger partial charge < -0.3 is 19.8 Å². The van der Waals surface area contributed by atoms with E-state index in [0.29, 0.717) is 16.6 Å². The molecule has 1 unspecified atom stereocenters. The van der Waals surface area contributed by atoms with Gasteiger partial charge in [0.15, 0.2) is 0 Å². The predicted molar refractivity (Wildman–Crippen MR) is 133 cm³/mol. The largest absolute Gasteiger partial charge is 0.461 e. The highest BCUT2D eigenvalue weighted by molar-refractivity contribution is 6.06. The van der Waals surface area contributed by atoms with Crippen LogP contribution in [0.25, 0.3) is 10.9 Å². The zero-order valence-corrected chi connectivity index (χ0v) is 20.7. The monoisotopic (exact) mass is 496 g/mol. The Morgan fingerprint density at radius 2 is 1.81 bits per heavy atom. The second-order valence-electron chi connectivity index (χ2n) is 8.99. The van der Waals surface area contributed by atoms with Gasteiger partial charge in [-0.2, -0.15) is 0 Å². The predicted octanol–water partition coefficient (Wildman–Crippen LogP) is 4.83. The Kier molecular flexibility index (Phi) is 7.62. The highest BCUT2D eigenvalue weighted by Gasteiger charge is 2.28. The quantitative estimate of drug-likeness (QED) is 0.271. The highest BCUT2D eigenvalue weighted by Crippen LogP contribution is 2.32. The number of nitro groups is 1. The van der Waals surface area contributed by atoms with E-state index in [1.807, 2.05) is 0 Å². The minimum absolute atomic E-state index is 0.203. The van der Waals surface area contributed by atoms with Crippen molar-refractivity contribution in [2.24, 2.45) is 0 Å². The Morgan fingerprint density at radius 3 is 2.44 bits per heavy atom. The molecule has 1 heterocycles. The topological polar surface area (TPSA) is 144 Å². The molecule has 190 valence electrons. The Labute approximate surface area is 207 Å². The van der Waals surface area contributed by atoms with Crippen LogP contribution in [-0.4, -0.2) is 46.1 Å². The molecule has 1 atom stereocenters. The number of non-ortho nitro benzene ring substituents is 1. The van der Waals surface area contributed by atoms with Gasteiger partial charge >= 0.3 is 12.1 Å². The number of rotatable bonds is 7. The number of alkyl carbamates (subject to hydrolysis) is 1. The summed E-state index contributed by atoms with van der Waals surface area (Å²) in [6.45, 7) is 8.51. The van der Waals surface area contributed by atoms with Gasteiger partial charge in [-0.3, -0.25) is 19.8 Å². The van der Waals surface area contributed by atoms with Gasteiger partial charge in [-0.25, -0.2) is 9.59 Å². The number of carbonyl (C=O) groups is 3. The first-order chi connectivity index (χ1) is 16.9. The van der Waals surface area contributed by atoms with E-state index in [2.05, 4.69) is 10.3 Å². The number of fused-ring (bicyclic) bond motifs is 1. The van der Waals surface area contributed by atoms with E-state index in [0.717, 1.165) is 0 Å². The van der Waals surface area contributed by atoms with E-state index in [9.17, 15) is 24.5 Å². The Morgan fingerprint density at radius 1 is 1.11 bits per heavy atom. The number of nitrogens with zero attached hydrogens (tertiary/aromatic N) is 2. The van der Waals surface area contributed by atoms with Crippen molar-refractivity contribution in [3.8, 4) is 0 Å². The summed E-state index contributed by atoms with van der Waals surface area (Å²) in [6, 6.07) is 11.1. The van der Waals surface area contributed by atoms with Gasteiger partial charge in [-0.15, -0.1) is 0 Å². The first kappa shape index (κ1) is 26.2. The summed E-state index contributed by atoms with van der Waals surface area (Å²) >= 11 is 0. The van der Waals surface area contributed by atoms with E-state index in [1.165, 1.54) is 30.0 Å². The Balaban J connectivity index is 2.03. The summed E-state index contributed by atoms with van der Waals surface area (Å²) in [7, 11) is 0. The SMILES string of the molecule is CCOC(=O)c1cc2cc(N(C(=O)C(C)NC(=O)OC(C)(C)C)c3cccc([N+](=O)[O-])c3)ccc2[nH]1. The van der Waals surface area contributed by atoms with Crippen LogP contribution in [0.5, 0.6) is 0 Å². The first-order valence-electron chi connectivity index (χ1n) is 11.3. The van der Waals surface area contributed by atoms with Crippen molar-refractivity contribution in [3.63, 3.8) is 0 Å². The van der Waals surface area contributed by atoms with Gasteiger partial charge in [0.1, 0.15) is 17.3 Å². The maximum atomic E-state index is 13.6. The fraction of sp³-hybridized carbons (Fsp3) is 0.320. The number of esters is 1. The van der Waals surface area contributed by atoms with Gasteiger partial charge in [-0.1, -0.05) is 6.07 Å². The molecule has 1 aromatic heterocycles. The van der Waals surface area contributed by atoms with E-state index >= 15 is 0 Å². The lowest BCUT2D eigenvalue weighted by molar-refractivity contribution is -0.384. The molecule has 11 heteroatoms. The molecule has 36 heavy (non-hydrogen) atoms. The molecule has 0 bridgehead atoms. The number of anilines is 2. The molecule has 11 nitrogen and oxygen atoms in total. The number of benzene rings is 2. The number of H-pyrrole nitrogens is 1. The van der Waals surface area contributed by atoms with Crippen LogP contribution in [0.1, 0.15) is 45.1 Å². The molecular weight excluding hydrogens is 468 g/mol. The second-order valence-corrected chi connectivity index (χ2v) is 8.99. The number of amides is 2. The molecular formula is C25H28N4O7. The van der Waals surface area contributed by atoms with Crippen molar-refractivity contribution in [2.45, 2.75) is 46.3 Å². The van der Waals surface area contributed by atoms with Crippen molar-refractivity contribution >= 4 is 45.9 Å². The summed E-state index contributed by atoms with van der Waals surface area (Å²) in [5, 5.41) is 14.5. The Bertz CT molecular complexity index is 1310. The van der Waals surface area contributed by atoms with E-state index < -0.39 is 34.5 Å². The van der Waals surface area contributed by atoms with Gasteiger partial charge in [0.25, 0.3) is 11.6 Å². The molecule has 2 N–H and O–H groups in total. The number of nitrogens with one attached hydrogen (secondary N) is 2. The van der Waals surface area contributed by atoms with Gasteiger partial charge in [-0.05, 0) is 65.0 Å². The third-order valence-electron chi connectivity index (χ3n) is 4.98. The number of hydrogen-bond donors (Lipinski definition) is 2. The fourth-order valence-corrected chi connectivity index (χ4v) is 3.47. The van der Waals surface area contributed by atoms with Crippen LogP contribution in [0.15, 0.2) is 48.5 Å². The van der Waals surface area contributed by atoms with Crippen LogP contribution in [0.2, 0.25) is 0 Å². The normalized spacial score (nSPS) is 12.0. The molecule has 3 rings (SSSR count). The zero-order valence-electron chi connectivity index (χ0n) is 20.7. The number of hydrogen-bond acceptors (Lipinski definition) is 7. The third kappa shape index (κ3) is 6.17. The van der Waals surface area contributed by atoms with Crippen LogP contribution in [-0.2, 0) is 14.3 Å². The molecule has 0 saturated carbocycles. The molecule has 0 fully saturated rings. The van der Waals surface area contributed by atoms with E-state index in [1.54, 1.807) is 58.0 Å². The summed E-state index contributed by atoms with van der Waals surface area (Å²) in [4.78, 5) is 53.0. The van der Waals surface area contributed by atoms with Crippen LogP contribution >= 0.6 is 0 Å². The molecule has 0 aliphatic rings. The number of aromatic nitrogens is 1. The Hall–Kier alpha value is -4.41. The summed E-state index contributed by atoms with van der Waals surface area (Å²) in [6.07, 6.45) is -0.775. The van der Waals surface area contributed by atoms with Crippen molar-refractivity contribution < 1.29 is 28.8 Å². The number of ether oxygens (including phenoxy) is 2. The molecule has 0 saturated heterocycles. The molecule has 0 spiro atoms. The lowest BCUT2D eigenvalue weighted by Crippen LogP contribution is -2.47. The van der Waals surface area contributed by atoms with Gasteiger partial charge in [0.2, 0.25) is 0 Å². The average molecular weight is 497 g/mol. The summed E-state index contributed by atoms with van der Waals surface area (Å²) in [5.41, 5.74) is 0.520. The third-order valence-corrected chi connectivity index (χ3v) is 4.98. The first-order valence-corrected chi connectivity index (χ1v) is 11.3. The number of nitro benzene ring substituents is 1. The van der Waals surface area contributed by atoms with Crippen molar-refractivity contribution in [2.75, 3.05) is 11.5 Å². The van der Waals surface area contributed by atoms with E-state index in [-0.39, 0.29) is 23.7 Å². The standard InChI is InChI=1S/C25H28N4O7/c1-6-35-23(31)21-13-16-12-18(10-11-20(16)27-21)28(17-8-7-9-19(14-17)29(33)34)22(30)15(2)26-24(32)36-25(3,4)5/h7-15,27H,6H2,1-5H3,(H,26,32). The van der Waals surface area contributed by atoms with Crippen molar-refractivity contribution in [1.29, 1.82) is 0 Å². The lowest BCUT2D eigenvalue weighted by Gasteiger charge is -2.27. The molecule has 2 aromatic carbocycles. The molecule has 0 aliphatic heterocycles. The van der Waals surface area contributed by atoms with E-state index in [4.69, 9.17) is 9.47 Å². The molecule has 2 amide bonds. The summed E-state index contributed by atoms with van der Waals surface area (Å²) in [5.74, 6) is -1.07. The van der Waals surface area contributed by atoms with Crippen molar-refractivity contribution in [3.05, 3.63) is 64.3 Å². The lowest BCUT2D eigenvalue weighted by atomic mass is 10.1. The van der Waals surface area contributed by atoms with Crippen LogP contribution in [0.3, 0.4) is 0 Å². The maximum Gasteiger partial charge on any atom is 0.408 e. The molecule has 3 aromatic rings. The minimum atomic E-state index is -1.03. The maximum absolute atomic E-state index is 13.6. The number of aromatic amines is 1. The fourth-order valence-electron chi connectivity index (χ4n) is 3.47. The zero-order chi connectivity index (χ0) is 26.6. The smallest absolute Gasteiger partial charge is 0.408 e. The summed E-state index contributed by atoms with van der Waals surface area (Å²) < 4.78 is 10.3.